The van der Waals surface area contributed by atoms with Gasteiger partial charge in [-0.05, 0) is 30.1 Å². The lowest BCUT2D eigenvalue weighted by Crippen LogP contribution is -2.33. The minimum absolute atomic E-state index is 0.575. The van der Waals surface area contributed by atoms with Crippen LogP contribution in [0.4, 0.5) is 0 Å². The Bertz CT molecular complexity index is 102. The first-order valence-corrected chi connectivity index (χ1v) is 4.54. The van der Waals surface area contributed by atoms with Crippen molar-refractivity contribution in [2.24, 2.45) is 17.3 Å². The quantitative estimate of drug-likeness (QED) is 0.523. The summed E-state index contributed by atoms with van der Waals surface area (Å²) in [4.78, 5) is 0. The zero-order valence-electron chi connectivity index (χ0n) is 7.78. The van der Waals surface area contributed by atoms with Crippen LogP contribution in [0.1, 0.15) is 47.0 Å². The second-order valence-corrected chi connectivity index (χ2v) is 4.81. The smallest absolute Gasteiger partial charge is 0.0354 e. The lowest BCUT2D eigenvalue weighted by Gasteiger charge is -2.43. The van der Waals surface area contributed by atoms with Crippen LogP contribution in [0.5, 0.6) is 0 Å². The van der Waals surface area contributed by atoms with Crippen LogP contribution in [0.25, 0.3) is 0 Å². The highest BCUT2D eigenvalue weighted by molar-refractivity contribution is 4.86. The molecule has 1 saturated carbocycles. The van der Waals surface area contributed by atoms with Crippen molar-refractivity contribution in [3.05, 3.63) is 0 Å². The largest absolute Gasteiger partial charge is 0.0651 e. The monoisotopic (exact) mass is 140 g/mol. The fourth-order valence-corrected chi connectivity index (χ4v) is 1.78. The zero-order chi connectivity index (χ0) is 7.78. The highest BCUT2D eigenvalue weighted by atomic mass is 14.4. The van der Waals surface area contributed by atoms with Crippen LogP contribution in [0.15, 0.2) is 0 Å². The molecule has 0 spiro atoms. The van der Waals surface area contributed by atoms with Crippen LogP contribution in [-0.2, 0) is 0 Å². The summed E-state index contributed by atoms with van der Waals surface area (Å²) in [6.45, 7) is 9.40. The van der Waals surface area contributed by atoms with E-state index in [1.54, 1.807) is 0 Å². The maximum Gasteiger partial charge on any atom is -0.0354 e. The summed E-state index contributed by atoms with van der Waals surface area (Å²) < 4.78 is 0. The normalized spacial score (nSPS) is 33.6. The summed E-state index contributed by atoms with van der Waals surface area (Å²) >= 11 is 0. The standard InChI is InChI=1S/C10H20/c1-5-8-6-9(7-8)10(2,3)4/h8-9H,5-7H2,1-4H3. The van der Waals surface area contributed by atoms with E-state index >= 15 is 0 Å². The molecule has 1 aliphatic carbocycles. The molecular formula is C10H20. The third kappa shape index (κ3) is 1.53. The minimum Gasteiger partial charge on any atom is -0.0651 e. The first kappa shape index (κ1) is 8.10. The van der Waals surface area contributed by atoms with Crippen molar-refractivity contribution in [2.75, 3.05) is 0 Å². The Balaban J connectivity index is 2.26. The summed E-state index contributed by atoms with van der Waals surface area (Å²) in [7, 11) is 0. The molecule has 0 aliphatic heterocycles. The molecule has 0 atom stereocenters. The van der Waals surface area contributed by atoms with E-state index in [1.807, 2.05) is 0 Å². The van der Waals surface area contributed by atoms with Crippen molar-refractivity contribution in [1.29, 1.82) is 0 Å². The molecule has 0 nitrogen and oxygen atoms in total. The van der Waals surface area contributed by atoms with Gasteiger partial charge in [0.15, 0.2) is 0 Å². The van der Waals surface area contributed by atoms with Crippen LogP contribution in [0.3, 0.4) is 0 Å². The minimum atomic E-state index is 0.575. The molecular weight excluding hydrogens is 120 g/mol. The van der Waals surface area contributed by atoms with Crippen molar-refractivity contribution in [2.45, 2.75) is 47.0 Å². The fourth-order valence-electron chi connectivity index (χ4n) is 1.78. The van der Waals surface area contributed by atoms with Crippen LogP contribution in [0, 0.1) is 17.3 Å². The molecule has 0 unspecified atom stereocenters. The van der Waals surface area contributed by atoms with Gasteiger partial charge in [0.2, 0.25) is 0 Å². The van der Waals surface area contributed by atoms with Gasteiger partial charge in [0.25, 0.3) is 0 Å². The molecule has 0 aromatic heterocycles. The molecule has 0 saturated heterocycles. The van der Waals surface area contributed by atoms with Gasteiger partial charge in [0.05, 0.1) is 0 Å². The molecule has 0 amide bonds. The van der Waals surface area contributed by atoms with E-state index in [0.29, 0.717) is 5.41 Å². The van der Waals surface area contributed by atoms with Crippen molar-refractivity contribution in [3.8, 4) is 0 Å². The molecule has 1 aliphatic rings. The van der Waals surface area contributed by atoms with Gasteiger partial charge in [-0.1, -0.05) is 34.1 Å². The van der Waals surface area contributed by atoms with Gasteiger partial charge in [-0.2, -0.15) is 0 Å². The fraction of sp³-hybridized carbons (Fsp3) is 1.00. The summed E-state index contributed by atoms with van der Waals surface area (Å²) in [6.07, 6.45) is 4.37. The maximum absolute atomic E-state index is 2.36. The first-order chi connectivity index (χ1) is 4.54. The van der Waals surface area contributed by atoms with Crippen molar-refractivity contribution in [3.63, 3.8) is 0 Å². The predicted molar refractivity (Wildman–Crippen MR) is 46.0 cm³/mol. The highest BCUT2D eigenvalue weighted by Gasteiger charge is 2.35. The van der Waals surface area contributed by atoms with E-state index in [9.17, 15) is 0 Å². The average molecular weight is 140 g/mol. The molecule has 0 radical (unpaired) electrons. The van der Waals surface area contributed by atoms with Gasteiger partial charge >= 0.3 is 0 Å². The zero-order valence-corrected chi connectivity index (χ0v) is 7.78. The molecule has 0 N–H and O–H groups in total. The lowest BCUT2D eigenvalue weighted by atomic mass is 9.62. The predicted octanol–water partition coefficient (Wildman–Crippen LogP) is 3.47. The number of hydrogen-bond donors (Lipinski definition) is 0. The van der Waals surface area contributed by atoms with E-state index in [0.717, 1.165) is 11.8 Å². The third-order valence-electron chi connectivity index (χ3n) is 3.04. The molecule has 0 aromatic carbocycles. The number of rotatable bonds is 1. The summed E-state index contributed by atoms with van der Waals surface area (Å²) in [5.41, 5.74) is 0.575. The Kier molecular flexibility index (Phi) is 2.07. The van der Waals surface area contributed by atoms with Gasteiger partial charge in [-0.3, -0.25) is 0 Å². The molecule has 60 valence electrons. The number of hydrogen-bond acceptors (Lipinski definition) is 0. The molecule has 0 bridgehead atoms. The van der Waals surface area contributed by atoms with Crippen LogP contribution in [0.2, 0.25) is 0 Å². The van der Waals surface area contributed by atoms with Gasteiger partial charge < -0.3 is 0 Å². The van der Waals surface area contributed by atoms with Gasteiger partial charge in [0.1, 0.15) is 0 Å². The van der Waals surface area contributed by atoms with Gasteiger partial charge in [0, 0.05) is 0 Å². The lowest BCUT2D eigenvalue weighted by molar-refractivity contribution is 0.0739. The average Bonchev–Trinajstić information content (AvgIpc) is 1.57. The summed E-state index contributed by atoms with van der Waals surface area (Å²) in [6, 6.07) is 0. The Morgan fingerprint density at radius 3 is 2.00 bits per heavy atom. The maximum atomic E-state index is 2.36. The van der Waals surface area contributed by atoms with Crippen LogP contribution < -0.4 is 0 Å². The van der Waals surface area contributed by atoms with E-state index < -0.39 is 0 Å². The summed E-state index contributed by atoms with van der Waals surface area (Å²) in [5, 5.41) is 0. The molecule has 0 aromatic rings. The van der Waals surface area contributed by atoms with Crippen molar-refractivity contribution in [1.82, 2.24) is 0 Å². The van der Waals surface area contributed by atoms with Gasteiger partial charge in [-0.25, -0.2) is 0 Å². The first-order valence-electron chi connectivity index (χ1n) is 4.54. The van der Waals surface area contributed by atoms with E-state index in [-0.39, 0.29) is 0 Å². The van der Waals surface area contributed by atoms with E-state index in [1.165, 1.54) is 19.3 Å². The molecule has 10 heavy (non-hydrogen) atoms. The second-order valence-electron chi connectivity index (χ2n) is 4.81. The molecule has 1 rings (SSSR count). The Labute approximate surface area is 65.0 Å². The SMILES string of the molecule is CCC1CC(C(C)(C)C)C1. The summed E-state index contributed by atoms with van der Waals surface area (Å²) in [5.74, 6) is 2.07. The van der Waals surface area contributed by atoms with E-state index in [2.05, 4.69) is 27.7 Å². The van der Waals surface area contributed by atoms with Crippen molar-refractivity contribution < 1.29 is 0 Å². The Hall–Kier alpha value is 0. The highest BCUT2D eigenvalue weighted by Crippen LogP contribution is 2.46. The van der Waals surface area contributed by atoms with E-state index in [4.69, 9.17) is 0 Å². The Morgan fingerprint density at radius 1 is 1.20 bits per heavy atom. The van der Waals surface area contributed by atoms with Gasteiger partial charge in [-0.15, -0.1) is 0 Å². The third-order valence-corrected chi connectivity index (χ3v) is 3.04. The topological polar surface area (TPSA) is 0 Å². The molecule has 0 heterocycles. The van der Waals surface area contributed by atoms with Crippen LogP contribution >= 0.6 is 0 Å². The van der Waals surface area contributed by atoms with Crippen molar-refractivity contribution >= 4 is 0 Å². The van der Waals surface area contributed by atoms with Crippen LogP contribution in [-0.4, -0.2) is 0 Å². The molecule has 1 fully saturated rings. The second kappa shape index (κ2) is 2.56. The Morgan fingerprint density at radius 2 is 1.70 bits per heavy atom. The molecule has 0 heteroatoms.